The molecule has 1 aromatic rings. The Kier molecular flexibility index (Phi) is 4.50. The van der Waals surface area contributed by atoms with E-state index in [1.54, 1.807) is 13.0 Å². The molecule has 6 heteroatoms. The van der Waals surface area contributed by atoms with E-state index in [1.165, 1.54) is 10.9 Å². The highest BCUT2D eigenvalue weighted by Gasteiger charge is 2.16. The lowest BCUT2D eigenvalue weighted by Gasteiger charge is -2.14. The molecule has 0 spiro atoms. The lowest BCUT2D eigenvalue weighted by atomic mass is 10.3. The minimum atomic E-state index is -0.405. The number of hydrogen-bond acceptors (Lipinski definition) is 4. The summed E-state index contributed by atoms with van der Waals surface area (Å²) < 4.78 is 6.43. The molecule has 1 aromatic heterocycles. The summed E-state index contributed by atoms with van der Waals surface area (Å²) >= 11 is 0. The fraction of sp³-hybridized carbons (Fsp3) is 0.500. The molecule has 0 aliphatic carbocycles. The van der Waals surface area contributed by atoms with Crippen LogP contribution in [0.5, 0.6) is 0 Å². The van der Waals surface area contributed by atoms with Crippen LogP contribution in [0, 0.1) is 0 Å². The second-order valence-corrected chi connectivity index (χ2v) is 3.26. The molecule has 16 heavy (non-hydrogen) atoms. The monoisotopic (exact) mass is 225 g/mol. The van der Waals surface area contributed by atoms with Crippen LogP contribution >= 0.6 is 0 Å². The van der Waals surface area contributed by atoms with Crippen LogP contribution in [0.25, 0.3) is 0 Å². The van der Waals surface area contributed by atoms with Gasteiger partial charge >= 0.3 is 5.97 Å². The van der Waals surface area contributed by atoms with Gasteiger partial charge in [-0.25, -0.2) is 4.79 Å². The molecule has 1 atom stereocenters. The fourth-order valence-corrected chi connectivity index (χ4v) is 1.34. The van der Waals surface area contributed by atoms with Crippen LogP contribution in [-0.4, -0.2) is 35.3 Å². The molecule has 0 saturated heterocycles. The second kappa shape index (κ2) is 5.89. The Labute approximate surface area is 93.6 Å². The lowest BCUT2D eigenvalue weighted by molar-refractivity contribution is -0.109. The molecule has 1 N–H and O–H groups in total. The van der Waals surface area contributed by atoms with Crippen molar-refractivity contribution in [3.8, 4) is 0 Å². The molecule has 1 rings (SSSR count). The summed E-state index contributed by atoms with van der Waals surface area (Å²) in [4.78, 5) is 21.7. The number of nitrogens with zero attached hydrogens (tertiary/aromatic N) is 2. The zero-order valence-electron chi connectivity index (χ0n) is 9.34. The van der Waals surface area contributed by atoms with Crippen molar-refractivity contribution in [1.29, 1.82) is 0 Å². The van der Waals surface area contributed by atoms with Crippen LogP contribution in [-0.2, 0) is 9.53 Å². The number of carbonyl (C=O) groups excluding carboxylic acids is 2. The predicted octanol–water partition coefficient (Wildman–Crippen LogP) is 0.367. The highest BCUT2D eigenvalue weighted by atomic mass is 16.5. The third-order valence-electron chi connectivity index (χ3n) is 2.07. The van der Waals surface area contributed by atoms with Crippen molar-refractivity contribution < 1.29 is 14.3 Å². The first kappa shape index (κ1) is 12.2. The van der Waals surface area contributed by atoms with Crippen LogP contribution in [0.3, 0.4) is 0 Å². The Hall–Kier alpha value is -1.85. The topological polar surface area (TPSA) is 73.2 Å². The zero-order chi connectivity index (χ0) is 12.0. The van der Waals surface area contributed by atoms with Gasteiger partial charge in [0.25, 0.3) is 0 Å². The Balaban J connectivity index is 2.76. The van der Waals surface area contributed by atoms with Crippen LogP contribution in [0.2, 0.25) is 0 Å². The van der Waals surface area contributed by atoms with Gasteiger partial charge in [0.15, 0.2) is 0 Å². The van der Waals surface area contributed by atoms with Crippen molar-refractivity contribution in [1.82, 2.24) is 15.1 Å². The lowest BCUT2D eigenvalue weighted by Crippen LogP contribution is -2.25. The molecule has 88 valence electrons. The molecule has 6 nitrogen and oxygen atoms in total. The first-order chi connectivity index (χ1) is 7.70. The van der Waals surface area contributed by atoms with E-state index in [2.05, 4.69) is 10.4 Å². The highest BCUT2D eigenvalue weighted by molar-refractivity contribution is 5.87. The normalized spacial score (nSPS) is 11.9. The fourth-order valence-electron chi connectivity index (χ4n) is 1.34. The van der Waals surface area contributed by atoms with E-state index < -0.39 is 5.97 Å². The minimum absolute atomic E-state index is 0.0976. The average molecular weight is 225 g/mol. The Morgan fingerprint density at radius 2 is 2.50 bits per heavy atom. The number of nitrogens with one attached hydrogen (secondary N) is 1. The molecule has 1 heterocycles. The average Bonchev–Trinajstić information content (AvgIpc) is 2.75. The molecule has 0 aliphatic rings. The van der Waals surface area contributed by atoms with Gasteiger partial charge in [0.05, 0.1) is 12.6 Å². The van der Waals surface area contributed by atoms with Gasteiger partial charge in [-0.1, -0.05) is 0 Å². The summed E-state index contributed by atoms with van der Waals surface area (Å²) in [5.41, 5.74) is 0.391. The van der Waals surface area contributed by atoms with Crippen molar-refractivity contribution in [2.45, 2.75) is 19.9 Å². The standard InChI is InChI=1S/C10H15N3O3/c1-3-16-10(15)9-4-5-12-13(9)8(2)6-11-7-14/h4-5,7-8H,3,6H2,1-2H3,(H,11,14)/t8-/m0/s1. The maximum absolute atomic E-state index is 11.5. The summed E-state index contributed by atoms with van der Waals surface area (Å²) in [6.07, 6.45) is 2.15. The minimum Gasteiger partial charge on any atom is -0.461 e. The Morgan fingerprint density at radius 3 is 3.12 bits per heavy atom. The SMILES string of the molecule is CCOC(=O)c1ccnn1[C@@H](C)CNC=O. The molecule has 0 unspecified atom stereocenters. The first-order valence-corrected chi connectivity index (χ1v) is 5.08. The summed E-state index contributed by atoms with van der Waals surface area (Å²) in [5.74, 6) is -0.405. The van der Waals surface area contributed by atoms with Crippen molar-refractivity contribution >= 4 is 12.4 Å². The van der Waals surface area contributed by atoms with Gasteiger partial charge in [-0.05, 0) is 19.9 Å². The van der Waals surface area contributed by atoms with E-state index in [1.807, 2.05) is 6.92 Å². The number of carbonyl (C=O) groups is 2. The van der Waals surface area contributed by atoms with Gasteiger partial charge in [-0.2, -0.15) is 5.10 Å². The van der Waals surface area contributed by atoms with E-state index in [4.69, 9.17) is 4.74 Å². The Morgan fingerprint density at radius 1 is 1.75 bits per heavy atom. The molecule has 0 fully saturated rings. The van der Waals surface area contributed by atoms with Gasteiger partial charge in [0.2, 0.25) is 6.41 Å². The number of hydrogen-bond donors (Lipinski definition) is 1. The van der Waals surface area contributed by atoms with Crippen molar-refractivity contribution in [2.24, 2.45) is 0 Å². The van der Waals surface area contributed by atoms with Crippen LogP contribution < -0.4 is 5.32 Å². The number of rotatable bonds is 6. The number of aromatic nitrogens is 2. The largest absolute Gasteiger partial charge is 0.461 e. The van der Waals surface area contributed by atoms with E-state index in [0.717, 1.165) is 0 Å². The van der Waals surface area contributed by atoms with Crippen molar-refractivity contribution in [3.05, 3.63) is 18.0 Å². The first-order valence-electron chi connectivity index (χ1n) is 5.08. The van der Waals surface area contributed by atoms with Crippen molar-refractivity contribution in [2.75, 3.05) is 13.2 Å². The third kappa shape index (κ3) is 2.82. The smallest absolute Gasteiger partial charge is 0.356 e. The van der Waals surface area contributed by atoms with Crippen LogP contribution in [0.1, 0.15) is 30.4 Å². The molecule has 0 saturated carbocycles. The van der Waals surface area contributed by atoms with Gasteiger partial charge in [-0.15, -0.1) is 0 Å². The summed E-state index contributed by atoms with van der Waals surface area (Å²) in [5, 5.41) is 6.57. The van der Waals surface area contributed by atoms with Gasteiger partial charge in [-0.3, -0.25) is 9.48 Å². The zero-order valence-corrected chi connectivity index (χ0v) is 9.34. The third-order valence-corrected chi connectivity index (χ3v) is 2.07. The molecule has 0 bridgehead atoms. The summed E-state index contributed by atoms with van der Waals surface area (Å²) in [6, 6.07) is 1.50. The number of ether oxygens (including phenoxy) is 1. The van der Waals surface area contributed by atoms with E-state index in [-0.39, 0.29) is 6.04 Å². The van der Waals surface area contributed by atoms with Crippen molar-refractivity contribution in [3.63, 3.8) is 0 Å². The summed E-state index contributed by atoms with van der Waals surface area (Å²) in [6.45, 7) is 4.34. The van der Waals surface area contributed by atoms with E-state index in [9.17, 15) is 9.59 Å². The highest BCUT2D eigenvalue weighted by Crippen LogP contribution is 2.09. The van der Waals surface area contributed by atoms with Crippen LogP contribution in [0.4, 0.5) is 0 Å². The predicted molar refractivity (Wildman–Crippen MR) is 57.0 cm³/mol. The molecule has 1 amide bonds. The summed E-state index contributed by atoms with van der Waals surface area (Å²) in [7, 11) is 0. The maximum atomic E-state index is 11.5. The molecule has 0 aromatic carbocycles. The molecular weight excluding hydrogens is 210 g/mol. The van der Waals surface area contributed by atoms with E-state index >= 15 is 0 Å². The van der Waals surface area contributed by atoms with E-state index in [0.29, 0.717) is 25.3 Å². The van der Waals surface area contributed by atoms with Gasteiger partial charge in [0, 0.05) is 12.7 Å². The van der Waals surface area contributed by atoms with Gasteiger partial charge in [0.1, 0.15) is 5.69 Å². The molecule has 0 aliphatic heterocycles. The maximum Gasteiger partial charge on any atom is 0.356 e. The van der Waals surface area contributed by atoms with Gasteiger partial charge < -0.3 is 10.1 Å². The number of amides is 1. The number of esters is 1. The molecular formula is C10H15N3O3. The van der Waals surface area contributed by atoms with Crippen LogP contribution in [0.15, 0.2) is 12.3 Å². The molecule has 0 radical (unpaired) electrons. The quantitative estimate of drug-likeness (QED) is 0.560. The second-order valence-electron chi connectivity index (χ2n) is 3.26. The Bertz CT molecular complexity index is 362.